The predicted octanol–water partition coefficient (Wildman–Crippen LogP) is 3.37. The summed E-state index contributed by atoms with van der Waals surface area (Å²) in [5.74, 6) is 0. The molecule has 0 saturated heterocycles. The first-order chi connectivity index (χ1) is 9.02. The number of aromatic nitrogens is 3. The van der Waals surface area contributed by atoms with Crippen molar-refractivity contribution in [2.45, 2.75) is 32.9 Å². The maximum atomic E-state index is 6.27. The second-order valence-corrected chi connectivity index (χ2v) is 6.12. The summed E-state index contributed by atoms with van der Waals surface area (Å²) in [5, 5.41) is 4.48. The number of rotatable bonds is 4. The molecule has 0 spiro atoms. The lowest BCUT2D eigenvalue weighted by Gasteiger charge is -2.13. The van der Waals surface area contributed by atoms with Crippen LogP contribution in [0.2, 0.25) is 0 Å². The third-order valence-electron chi connectivity index (χ3n) is 3.02. The molecule has 0 fully saturated rings. The van der Waals surface area contributed by atoms with E-state index in [0.29, 0.717) is 0 Å². The van der Waals surface area contributed by atoms with Gasteiger partial charge in [-0.1, -0.05) is 0 Å². The summed E-state index contributed by atoms with van der Waals surface area (Å²) in [6, 6.07) is 1.91. The van der Waals surface area contributed by atoms with E-state index in [4.69, 9.17) is 5.73 Å². The van der Waals surface area contributed by atoms with Crippen LogP contribution in [0.5, 0.6) is 0 Å². The first kappa shape index (κ1) is 14.7. The van der Waals surface area contributed by atoms with E-state index >= 15 is 0 Å². The van der Waals surface area contributed by atoms with E-state index in [2.05, 4.69) is 48.9 Å². The smallest absolute Gasteiger partial charge is 0.0738 e. The molecular weight excluding hydrogens is 372 g/mol. The van der Waals surface area contributed by atoms with Crippen molar-refractivity contribution in [1.29, 1.82) is 0 Å². The molecule has 0 aliphatic rings. The topological polar surface area (TPSA) is 56.7 Å². The van der Waals surface area contributed by atoms with E-state index in [1.54, 1.807) is 6.20 Å². The van der Waals surface area contributed by atoms with Crippen molar-refractivity contribution >= 4 is 31.9 Å². The van der Waals surface area contributed by atoms with Crippen molar-refractivity contribution in [1.82, 2.24) is 14.8 Å². The third kappa shape index (κ3) is 3.24. The van der Waals surface area contributed by atoms with Crippen LogP contribution in [0.1, 0.15) is 29.9 Å². The van der Waals surface area contributed by atoms with Crippen molar-refractivity contribution in [3.05, 3.63) is 44.4 Å². The number of nitrogens with two attached hydrogens (primary N) is 1. The van der Waals surface area contributed by atoms with Crippen LogP contribution in [0.25, 0.3) is 0 Å². The second-order valence-electron chi connectivity index (χ2n) is 4.41. The zero-order chi connectivity index (χ0) is 14.0. The van der Waals surface area contributed by atoms with E-state index in [1.165, 1.54) is 0 Å². The molecule has 1 atom stereocenters. The maximum absolute atomic E-state index is 6.27. The summed E-state index contributed by atoms with van der Waals surface area (Å²) in [4.78, 5) is 4.16. The average molecular weight is 388 g/mol. The van der Waals surface area contributed by atoms with E-state index in [9.17, 15) is 0 Å². The molecule has 2 aromatic rings. The quantitative estimate of drug-likeness (QED) is 0.874. The highest BCUT2D eigenvalue weighted by Gasteiger charge is 2.16. The van der Waals surface area contributed by atoms with Crippen LogP contribution in [0, 0.1) is 6.92 Å². The Morgan fingerprint density at radius 2 is 2.11 bits per heavy atom. The first-order valence-electron chi connectivity index (χ1n) is 6.10. The van der Waals surface area contributed by atoms with Gasteiger partial charge in [0.05, 0.1) is 15.9 Å². The summed E-state index contributed by atoms with van der Waals surface area (Å²) in [6.07, 6.45) is 4.29. The molecule has 0 aliphatic heterocycles. The Labute approximate surface area is 129 Å². The molecule has 0 bridgehead atoms. The summed E-state index contributed by atoms with van der Waals surface area (Å²) in [5.41, 5.74) is 9.42. The number of aryl methyl sites for hydroxylation is 2. The molecule has 2 N–H and O–H groups in total. The van der Waals surface area contributed by atoms with Crippen molar-refractivity contribution in [2.75, 3.05) is 0 Å². The Hall–Kier alpha value is -0.720. The van der Waals surface area contributed by atoms with Gasteiger partial charge < -0.3 is 5.73 Å². The molecular formula is C13H16Br2N4. The van der Waals surface area contributed by atoms with Gasteiger partial charge in [-0.3, -0.25) is 9.67 Å². The summed E-state index contributed by atoms with van der Waals surface area (Å²) < 4.78 is 3.98. The van der Waals surface area contributed by atoms with E-state index in [-0.39, 0.29) is 6.04 Å². The summed E-state index contributed by atoms with van der Waals surface area (Å²) >= 11 is 7.01. The molecule has 4 nitrogen and oxygen atoms in total. The van der Waals surface area contributed by atoms with Crippen molar-refractivity contribution in [2.24, 2.45) is 5.73 Å². The van der Waals surface area contributed by atoms with Gasteiger partial charge in [0.1, 0.15) is 0 Å². The minimum atomic E-state index is -0.0947. The van der Waals surface area contributed by atoms with Gasteiger partial charge in [0.2, 0.25) is 0 Å². The van der Waals surface area contributed by atoms with Crippen LogP contribution < -0.4 is 5.73 Å². The highest BCUT2D eigenvalue weighted by atomic mass is 79.9. The van der Waals surface area contributed by atoms with Gasteiger partial charge >= 0.3 is 0 Å². The van der Waals surface area contributed by atoms with Crippen LogP contribution in [0.4, 0.5) is 0 Å². The fraction of sp³-hybridized carbons (Fsp3) is 0.385. The first-order valence-corrected chi connectivity index (χ1v) is 7.69. The van der Waals surface area contributed by atoms with Crippen LogP contribution in [0.3, 0.4) is 0 Å². The van der Waals surface area contributed by atoms with Crippen LogP contribution in [-0.2, 0) is 13.0 Å². The lowest BCUT2D eigenvalue weighted by Crippen LogP contribution is -2.16. The van der Waals surface area contributed by atoms with Crippen LogP contribution in [0.15, 0.2) is 27.4 Å². The normalized spacial score (nSPS) is 12.7. The average Bonchev–Trinajstić information content (AvgIpc) is 2.66. The zero-order valence-electron chi connectivity index (χ0n) is 10.9. The largest absolute Gasteiger partial charge is 0.324 e. The minimum absolute atomic E-state index is 0.0947. The number of halogens is 2. The summed E-state index contributed by atoms with van der Waals surface area (Å²) in [6.45, 7) is 4.91. The Morgan fingerprint density at radius 1 is 1.37 bits per heavy atom. The highest BCUT2D eigenvalue weighted by molar-refractivity contribution is 9.10. The minimum Gasteiger partial charge on any atom is -0.324 e. The van der Waals surface area contributed by atoms with Gasteiger partial charge in [0, 0.05) is 35.9 Å². The monoisotopic (exact) mass is 386 g/mol. The molecule has 2 rings (SSSR count). The second kappa shape index (κ2) is 6.15. The fourth-order valence-corrected chi connectivity index (χ4v) is 2.85. The van der Waals surface area contributed by atoms with E-state index < -0.39 is 0 Å². The molecule has 0 saturated carbocycles. The molecule has 0 aromatic carbocycles. The van der Waals surface area contributed by atoms with Gasteiger partial charge in [0.25, 0.3) is 0 Å². The molecule has 1 unspecified atom stereocenters. The molecule has 0 amide bonds. The van der Waals surface area contributed by atoms with Gasteiger partial charge in [-0.2, -0.15) is 5.10 Å². The van der Waals surface area contributed by atoms with Crippen molar-refractivity contribution in [3.8, 4) is 0 Å². The molecule has 0 radical (unpaired) electrons. The number of hydrogen-bond acceptors (Lipinski definition) is 3. The summed E-state index contributed by atoms with van der Waals surface area (Å²) in [7, 11) is 0. The Balaban J connectivity index is 2.26. The van der Waals surface area contributed by atoms with E-state index in [0.717, 1.165) is 38.9 Å². The molecule has 6 heteroatoms. The SMILES string of the molecule is CCn1nc(C)c(Br)c1CC(N)c1cncc(Br)c1. The Kier molecular flexibility index (Phi) is 4.76. The zero-order valence-corrected chi connectivity index (χ0v) is 14.1. The van der Waals surface area contributed by atoms with Crippen LogP contribution in [-0.4, -0.2) is 14.8 Å². The number of nitrogens with zero attached hydrogens (tertiary/aromatic N) is 3. The fourth-order valence-electron chi connectivity index (χ4n) is 2.02. The Morgan fingerprint density at radius 3 is 2.74 bits per heavy atom. The van der Waals surface area contributed by atoms with Crippen molar-refractivity contribution < 1.29 is 0 Å². The van der Waals surface area contributed by atoms with Gasteiger partial charge in [-0.05, 0) is 57.3 Å². The predicted molar refractivity (Wildman–Crippen MR) is 82.9 cm³/mol. The molecule has 2 heterocycles. The lowest BCUT2D eigenvalue weighted by molar-refractivity contribution is 0.585. The van der Waals surface area contributed by atoms with Gasteiger partial charge in [-0.25, -0.2) is 0 Å². The highest BCUT2D eigenvalue weighted by Crippen LogP contribution is 2.26. The maximum Gasteiger partial charge on any atom is 0.0738 e. The molecule has 0 aliphatic carbocycles. The molecule has 2 aromatic heterocycles. The third-order valence-corrected chi connectivity index (χ3v) is 4.49. The molecule has 102 valence electrons. The number of pyridine rings is 1. The van der Waals surface area contributed by atoms with Gasteiger partial charge in [-0.15, -0.1) is 0 Å². The molecule has 19 heavy (non-hydrogen) atoms. The van der Waals surface area contributed by atoms with Crippen LogP contribution >= 0.6 is 31.9 Å². The standard InChI is InChI=1S/C13H16Br2N4/c1-3-19-12(13(15)8(2)18-19)5-11(16)9-4-10(14)7-17-6-9/h4,6-7,11H,3,5,16H2,1-2H3. The van der Waals surface area contributed by atoms with Gasteiger partial charge in [0.15, 0.2) is 0 Å². The number of hydrogen-bond donors (Lipinski definition) is 1. The lowest BCUT2D eigenvalue weighted by atomic mass is 10.0. The Bertz CT molecular complexity index is 580. The van der Waals surface area contributed by atoms with Crippen molar-refractivity contribution in [3.63, 3.8) is 0 Å². The van der Waals surface area contributed by atoms with E-state index in [1.807, 2.05) is 23.9 Å².